The van der Waals surface area contributed by atoms with Crippen LogP contribution in [0.25, 0.3) is 5.69 Å². The van der Waals surface area contributed by atoms with E-state index in [9.17, 15) is 14.3 Å². The normalized spacial score (nSPS) is 21.5. The molecule has 2 heterocycles. The topological polar surface area (TPSA) is 58.4 Å². The predicted octanol–water partition coefficient (Wildman–Crippen LogP) is 2.16. The van der Waals surface area contributed by atoms with Gasteiger partial charge in [-0.15, -0.1) is 0 Å². The van der Waals surface area contributed by atoms with Gasteiger partial charge in [-0.2, -0.15) is 5.10 Å². The van der Waals surface area contributed by atoms with Gasteiger partial charge in [0.05, 0.1) is 11.8 Å². The molecule has 1 aromatic carbocycles. The largest absolute Gasteiger partial charge is 0.391 e. The molecular weight excluding hydrogens is 297 g/mol. The fourth-order valence-electron chi connectivity index (χ4n) is 2.82. The van der Waals surface area contributed by atoms with E-state index in [1.54, 1.807) is 27.8 Å². The maximum absolute atomic E-state index is 13.0. The summed E-state index contributed by atoms with van der Waals surface area (Å²) in [4.78, 5) is 14.2. The molecule has 1 N–H and O–H groups in total. The molecule has 2 unspecified atom stereocenters. The molecule has 0 saturated carbocycles. The van der Waals surface area contributed by atoms with Crippen LogP contribution >= 0.6 is 0 Å². The zero-order chi connectivity index (χ0) is 16.6. The Hall–Kier alpha value is -2.21. The number of carbonyl (C=O) groups excluding carboxylic acids is 1. The third-order valence-corrected chi connectivity index (χ3v) is 4.38. The van der Waals surface area contributed by atoms with E-state index in [-0.39, 0.29) is 17.6 Å². The molecule has 1 aliphatic rings. The van der Waals surface area contributed by atoms with Crippen molar-refractivity contribution in [3.05, 3.63) is 47.5 Å². The van der Waals surface area contributed by atoms with Gasteiger partial charge in [-0.3, -0.25) is 4.79 Å². The molecule has 0 spiro atoms. The number of nitrogens with zero attached hydrogens (tertiary/aromatic N) is 3. The van der Waals surface area contributed by atoms with Crippen molar-refractivity contribution in [2.24, 2.45) is 5.92 Å². The van der Waals surface area contributed by atoms with Crippen LogP contribution < -0.4 is 0 Å². The molecular formula is C17H20FN3O2. The quantitative estimate of drug-likeness (QED) is 0.923. The SMILES string of the molecule is Cc1cc(C(=O)N2CCC(C)C(O)C2)nn1-c1ccc(F)cc1. The lowest BCUT2D eigenvalue weighted by atomic mass is 9.96. The van der Waals surface area contributed by atoms with Crippen molar-refractivity contribution in [2.75, 3.05) is 13.1 Å². The number of rotatable bonds is 2. The molecule has 1 aliphatic heterocycles. The number of aliphatic hydroxyl groups excluding tert-OH is 1. The average Bonchev–Trinajstić information content (AvgIpc) is 2.92. The maximum Gasteiger partial charge on any atom is 0.274 e. The Bertz CT molecular complexity index is 711. The number of carbonyl (C=O) groups is 1. The van der Waals surface area contributed by atoms with E-state index in [0.29, 0.717) is 24.5 Å². The van der Waals surface area contributed by atoms with Crippen LogP contribution in [-0.4, -0.2) is 44.9 Å². The Morgan fingerprint density at radius 2 is 2.04 bits per heavy atom. The molecule has 1 amide bonds. The Balaban J connectivity index is 1.83. The lowest BCUT2D eigenvalue weighted by Crippen LogP contribution is -2.45. The highest BCUT2D eigenvalue weighted by Gasteiger charge is 2.29. The molecule has 1 fully saturated rings. The molecule has 2 aromatic rings. The van der Waals surface area contributed by atoms with Crippen LogP contribution in [0.1, 0.15) is 29.5 Å². The Morgan fingerprint density at radius 3 is 2.70 bits per heavy atom. The van der Waals surface area contributed by atoms with Gasteiger partial charge in [-0.25, -0.2) is 9.07 Å². The molecule has 6 heteroatoms. The van der Waals surface area contributed by atoms with Gasteiger partial charge in [-0.1, -0.05) is 6.92 Å². The minimum Gasteiger partial charge on any atom is -0.391 e. The smallest absolute Gasteiger partial charge is 0.274 e. The van der Waals surface area contributed by atoms with E-state index >= 15 is 0 Å². The third kappa shape index (κ3) is 3.12. The number of likely N-dealkylation sites (tertiary alicyclic amines) is 1. The van der Waals surface area contributed by atoms with E-state index in [1.165, 1.54) is 12.1 Å². The van der Waals surface area contributed by atoms with E-state index < -0.39 is 6.10 Å². The molecule has 0 radical (unpaired) electrons. The van der Waals surface area contributed by atoms with E-state index in [4.69, 9.17) is 0 Å². The summed E-state index contributed by atoms with van der Waals surface area (Å²) in [7, 11) is 0. The number of piperidine rings is 1. The molecule has 0 bridgehead atoms. The highest BCUT2D eigenvalue weighted by Crippen LogP contribution is 2.20. The highest BCUT2D eigenvalue weighted by molar-refractivity contribution is 5.92. The Kier molecular flexibility index (Phi) is 4.17. The number of benzene rings is 1. The van der Waals surface area contributed by atoms with Crippen molar-refractivity contribution in [2.45, 2.75) is 26.4 Å². The lowest BCUT2D eigenvalue weighted by molar-refractivity contribution is 0.0245. The lowest BCUT2D eigenvalue weighted by Gasteiger charge is -2.33. The van der Waals surface area contributed by atoms with Crippen LogP contribution in [0.4, 0.5) is 4.39 Å². The first-order valence-electron chi connectivity index (χ1n) is 7.75. The molecule has 5 nitrogen and oxygen atoms in total. The number of aliphatic hydroxyl groups is 1. The summed E-state index contributed by atoms with van der Waals surface area (Å²) in [5.41, 5.74) is 1.84. The summed E-state index contributed by atoms with van der Waals surface area (Å²) in [6.07, 6.45) is 0.290. The fraction of sp³-hybridized carbons (Fsp3) is 0.412. The van der Waals surface area contributed by atoms with E-state index in [0.717, 1.165) is 12.1 Å². The molecule has 122 valence electrons. The minimum absolute atomic E-state index is 0.181. The standard InChI is InChI=1S/C17H20FN3O2/c1-11-7-8-20(10-16(11)22)17(23)15-9-12(2)21(19-15)14-5-3-13(18)4-6-14/h3-6,9,11,16,22H,7-8,10H2,1-2H3. The van der Waals surface area contributed by atoms with Gasteiger partial charge in [0.25, 0.3) is 5.91 Å². The fourth-order valence-corrected chi connectivity index (χ4v) is 2.82. The van der Waals surface area contributed by atoms with Crippen LogP contribution in [0, 0.1) is 18.7 Å². The minimum atomic E-state index is -0.493. The Labute approximate surface area is 134 Å². The number of halogens is 1. The summed E-state index contributed by atoms with van der Waals surface area (Å²) in [6.45, 7) is 4.79. The summed E-state index contributed by atoms with van der Waals surface area (Å²) in [5, 5.41) is 14.3. The van der Waals surface area contributed by atoms with E-state index in [2.05, 4.69) is 5.10 Å². The molecule has 0 aliphatic carbocycles. The summed E-state index contributed by atoms with van der Waals surface area (Å²) in [5.74, 6) is -0.288. The van der Waals surface area contributed by atoms with Crippen LogP contribution in [-0.2, 0) is 0 Å². The first kappa shape index (κ1) is 15.7. The van der Waals surface area contributed by atoms with Gasteiger partial charge in [0.1, 0.15) is 5.82 Å². The molecule has 1 saturated heterocycles. The average molecular weight is 317 g/mol. The third-order valence-electron chi connectivity index (χ3n) is 4.38. The number of hydrogen-bond acceptors (Lipinski definition) is 3. The molecule has 3 rings (SSSR count). The number of aromatic nitrogens is 2. The second-order valence-electron chi connectivity index (χ2n) is 6.14. The zero-order valence-electron chi connectivity index (χ0n) is 13.2. The maximum atomic E-state index is 13.0. The summed E-state index contributed by atoms with van der Waals surface area (Å²) >= 11 is 0. The van der Waals surface area contributed by atoms with Crippen molar-refractivity contribution in [3.8, 4) is 5.69 Å². The Morgan fingerprint density at radius 1 is 1.35 bits per heavy atom. The number of amides is 1. The second-order valence-corrected chi connectivity index (χ2v) is 6.14. The van der Waals surface area contributed by atoms with Gasteiger partial charge in [-0.05, 0) is 49.6 Å². The van der Waals surface area contributed by atoms with Crippen molar-refractivity contribution in [1.29, 1.82) is 0 Å². The summed E-state index contributed by atoms with van der Waals surface area (Å²) < 4.78 is 14.7. The van der Waals surface area contributed by atoms with Crippen LogP contribution in [0.2, 0.25) is 0 Å². The first-order chi connectivity index (χ1) is 11.0. The molecule has 1 aromatic heterocycles. The first-order valence-corrected chi connectivity index (χ1v) is 7.75. The van der Waals surface area contributed by atoms with Gasteiger partial charge < -0.3 is 10.0 Å². The van der Waals surface area contributed by atoms with Crippen molar-refractivity contribution < 1.29 is 14.3 Å². The van der Waals surface area contributed by atoms with E-state index in [1.807, 2.05) is 13.8 Å². The van der Waals surface area contributed by atoms with Crippen molar-refractivity contribution in [3.63, 3.8) is 0 Å². The predicted molar refractivity (Wildman–Crippen MR) is 84.0 cm³/mol. The van der Waals surface area contributed by atoms with Crippen molar-refractivity contribution >= 4 is 5.91 Å². The van der Waals surface area contributed by atoms with Gasteiger partial charge in [0, 0.05) is 18.8 Å². The highest BCUT2D eigenvalue weighted by atomic mass is 19.1. The monoisotopic (exact) mass is 317 g/mol. The van der Waals surface area contributed by atoms with Gasteiger partial charge in [0.15, 0.2) is 5.69 Å². The van der Waals surface area contributed by atoms with Crippen LogP contribution in [0.15, 0.2) is 30.3 Å². The van der Waals surface area contributed by atoms with Crippen LogP contribution in [0.3, 0.4) is 0 Å². The molecule has 2 atom stereocenters. The zero-order valence-corrected chi connectivity index (χ0v) is 13.2. The van der Waals surface area contributed by atoms with Gasteiger partial charge >= 0.3 is 0 Å². The number of β-amino-alcohol motifs (C(OH)–C–C–N with tert-alkyl or cyclic N) is 1. The van der Waals surface area contributed by atoms with Crippen molar-refractivity contribution in [1.82, 2.24) is 14.7 Å². The second kappa shape index (κ2) is 6.12. The number of aryl methyl sites for hydroxylation is 1. The number of hydrogen-bond donors (Lipinski definition) is 1. The summed E-state index contributed by atoms with van der Waals surface area (Å²) in [6, 6.07) is 7.68. The van der Waals surface area contributed by atoms with Gasteiger partial charge in [0.2, 0.25) is 0 Å². The van der Waals surface area contributed by atoms with Crippen LogP contribution in [0.5, 0.6) is 0 Å². The molecule has 23 heavy (non-hydrogen) atoms.